The number of ether oxygens (including phenoxy) is 1. The summed E-state index contributed by atoms with van der Waals surface area (Å²) >= 11 is 0. The summed E-state index contributed by atoms with van der Waals surface area (Å²) in [5.74, 6) is 1.76. The van der Waals surface area contributed by atoms with Crippen molar-refractivity contribution < 1.29 is 9.13 Å². The number of hydrogen-bond donors (Lipinski definition) is 0. The molecule has 1 saturated heterocycles. The second-order valence-corrected chi connectivity index (χ2v) is 4.10. The number of hydrogen-bond acceptors (Lipinski definition) is 4. The van der Waals surface area contributed by atoms with Gasteiger partial charge in [0, 0.05) is 32.1 Å². The van der Waals surface area contributed by atoms with E-state index >= 15 is 0 Å². The lowest BCUT2D eigenvalue weighted by Crippen LogP contribution is -2.43. The van der Waals surface area contributed by atoms with Gasteiger partial charge in [0.05, 0.1) is 19.4 Å². The van der Waals surface area contributed by atoms with Crippen LogP contribution in [0.5, 0.6) is 0 Å². The Morgan fingerprint density at radius 1 is 1.59 bits per heavy atom. The van der Waals surface area contributed by atoms with Crippen molar-refractivity contribution in [3.05, 3.63) is 18.1 Å². The summed E-state index contributed by atoms with van der Waals surface area (Å²) in [5.41, 5.74) is 0. The van der Waals surface area contributed by atoms with Crippen LogP contribution < -0.4 is 4.90 Å². The largest absolute Gasteiger partial charge is 0.374 e. The summed E-state index contributed by atoms with van der Waals surface area (Å²) in [5, 5.41) is 0. The summed E-state index contributed by atoms with van der Waals surface area (Å²) in [4.78, 5) is 10.8. The highest BCUT2D eigenvalue weighted by Gasteiger charge is 2.21. The van der Waals surface area contributed by atoms with Crippen molar-refractivity contribution >= 4 is 5.82 Å². The number of morpholine rings is 1. The van der Waals surface area contributed by atoms with Crippen LogP contribution in [0.2, 0.25) is 0 Å². The zero-order valence-corrected chi connectivity index (χ0v) is 10.1. The molecule has 1 aliphatic rings. The molecule has 1 fully saturated rings. The summed E-state index contributed by atoms with van der Waals surface area (Å²) in [6, 6.07) is 1.90. The summed E-state index contributed by atoms with van der Waals surface area (Å²) in [6.45, 7) is 3.86. The molecule has 0 aliphatic carbocycles. The van der Waals surface area contributed by atoms with Crippen molar-refractivity contribution in [3.63, 3.8) is 0 Å². The van der Waals surface area contributed by atoms with Crippen LogP contribution in [0.4, 0.5) is 10.2 Å². The highest BCUT2D eigenvalue weighted by atomic mass is 19.1. The van der Waals surface area contributed by atoms with Crippen molar-refractivity contribution in [1.82, 2.24) is 9.97 Å². The predicted octanol–water partition coefficient (Wildman–Crippen LogP) is 1.60. The molecule has 2 heterocycles. The molecule has 1 aromatic rings. The van der Waals surface area contributed by atoms with Gasteiger partial charge in [0.2, 0.25) is 0 Å². The zero-order valence-electron chi connectivity index (χ0n) is 10.1. The van der Waals surface area contributed by atoms with Gasteiger partial charge in [0.15, 0.2) is 0 Å². The van der Waals surface area contributed by atoms with Gasteiger partial charge in [-0.2, -0.15) is 0 Å². The van der Waals surface area contributed by atoms with Crippen LogP contribution in [-0.4, -0.2) is 42.4 Å². The lowest BCUT2D eigenvalue weighted by Gasteiger charge is -2.33. The van der Waals surface area contributed by atoms with Gasteiger partial charge in [0.25, 0.3) is 0 Å². The number of alkyl halides is 1. The first kappa shape index (κ1) is 12.2. The average molecular weight is 239 g/mol. The molecule has 17 heavy (non-hydrogen) atoms. The number of aryl methyl sites for hydroxylation is 1. The Morgan fingerprint density at radius 3 is 3.24 bits per heavy atom. The van der Waals surface area contributed by atoms with Crippen LogP contribution in [0.3, 0.4) is 0 Å². The average Bonchev–Trinajstić information content (AvgIpc) is 2.40. The van der Waals surface area contributed by atoms with Crippen LogP contribution in [0.25, 0.3) is 0 Å². The Balaban J connectivity index is 2.05. The van der Waals surface area contributed by atoms with E-state index in [9.17, 15) is 4.39 Å². The molecule has 4 nitrogen and oxygen atoms in total. The van der Waals surface area contributed by atoms with E-state index in [1.165, 1.54) is 0 Å². The van der Waals surface area contributed by atoms with Crippen molar-refractivity contribution in [3.8, 4) is 0 Å². The Hall–Kier alpha value is -1.23. The maximum Gasteiger partial charge on any atom is 0.132 e. The molecule has 0 spiro atoms. The number of rotatable bonds is 4. The van der Waals surface area contributed by atoms with Gasteiger partial charge >= 0.3 is 0 Å². The Bertz CT molecular complexity index is 359. The van der Waals surface area contributed by atoms with E-state index in [1.807, 2.05) is 13.0 Å². The van der Waals surface area contributed by atoms with Crippen molar-refractivity contribution in [1.29, 1.82) is 0 Å². The molecule has 0 amide bonds. The first-order valence-corrected chi connectivity index (χ1v) is 6.08. The molecule has 1 aliphatic heterocycles. The van der Waals surface area contributed by atoms with E-state index in [0.29, 0.717) is 19.6 Å². The van der Waals surface area contributed by atoms with Crippen LogP contribution in [0.1, 0.15) is 19.2 Å². The Morgan fingerprint density at radius 2 is 2.47 bits per heavy atom. The fourth-order valence-electron chi connectivity index (χ4n) is 1.96. The summed E-state index contributed by atoms with van der Waals surface area (Å²) < 4.78 is 17.8. The monoisotopic (exact) mass is 239 g/mol. The molecule has 1 unspecified atom stereocenters. The highest BCUT2D eigenvalue weighted by Crippen LogP contribution is 2.16. The van der Waals surface area contributed by atoms with E-state index in [1.54, 1.807) is 6.20 Å². The van der Waals surface area contributed by atoms with Gasteiger partial charge in [-0.1, -0.05) is 6.92 Å². The molecule has 0 bridgehead atoms. The van der Waals surface area contributed by atoms with Crippen LogP contribution in [0.15, 0.2) is 12.3 Å². The number of aromatic nitrogens is 2. The van der Waals surface area contributed by atoms with E-state index in [4.69, 9.17) is 4.74 Å². The van der Waals surface area contributed by atoms with Gasteiger partial charge in [-0.3, -0.25) is 4.39 Å². The maximum atomic E-state index is 12.3. The standard InChI is InChI=1S/C12H18FN3O/c1-2-11-14-6-4-12(15-11)16-7-8-17-10(9-16)3-5-13/h4,6,10H,2-3,5,7-9H2,1H3. The molecule has 0 aromatic carbocycles. The molecular formula is C12H18FN3O. The summed E-state index contributed by atoms with van der Waals surface area (Å²) in [7, 11) is 0. The fraction of sp³-hybridized carbons (Fsp3) is 0.667. The lowest BCUT2D eigenvalue weighted by molar-refractivity contribution is 0.0310. The van der Waals surface area contributed by atoms with Crippen LogP contribution in [-0.2, 0) is 11.2 Å². The molecule has 94 valence electrons. The maximum absolute atomic E-state index is 12.3. The SMILES string of the molecule is CCc1nccc(N2CCOC(CCF)C2)n1. The number of anilines is 1. The normalized spacial score (nSPS) is 20.6. The van der Waals surface area contributed by atoms with E-state index in [0.717, 1.165) is 24.6 Å². The number of nitrogens with zero attached hydrogens (tertiary/aromatic N) is 3. The van der Waals surface area contributed by atoms with Gasteiger partial charge < -0.3 is 9.64 Å². The molecular weight excluding hydrogens is 221 g/mol. The second-order valence-electron chi connectivity index (χ2n) is 4.10. The minimum absolute atomic E-state index is 0.0196. The third kappa shape index (κ3) is 3.12. The molecule has 1 aromatic heterocycles. The van der Waals surface area contributed by atoms with E-state index < -0.39 is 0 Å². The van der Waals surface area contributed by atoms with Crippen molar-refractivity contribution in [2.75, 3.05) is 31.3 Å². The van der Waals surface area contributed by atoms with Crippen molar-refractivity contribution in [2.45, 2.75) is 25.9 Å². The van der Waals surface area contributed by atoms with Crippen LogP contribution >= 0.6 is 0 Å². The smallest absolute Gasteiger partial charge is 0.132 e. The second kappa shape index (κ2) is 5.91. The fourth-order valence-corrected chi connectivity index (χ4v) is 1.96. The van der Waals surface area contributed by atoms with Crippen molar-refractivity contribution in [2.24, 2.45) is 0 Å². The topological polar surface area (TPSA) is 38.2 Å². The Labute approximate surface area is 101 Å². The summed E-state index contributed by atoms with van der Waals surface area (Å²) in [6.07, 6.45) is 3.04. The van der Waals surface area contributed by atoms with Gasteiger partial charge in [-0.15, -0.1) is 0 Å². The minimum Gasteiger partial charge on any atom is -0.374 e. The van der Waals surface area contributed by atoms with Gasteiger partial charge in [-0.05, 0) is 6.07 Å². The molecule has 0 N–H and O–H groups in total. The number of halogens is 1. The predicted molar refractivity (Wildman–Crippen MR) is 64.0 cm³/mol. The molecule has 2 rings (SSSR count). The minimum atomic E-state index is -0.331. The molecule has 0 saturated carbocycles. The third-order valence-corrected chi connectivity index (χ3v) is 2.90. The lowest BCUT2D eigenvalue weighted by atomic mass is 10.2. The Kier molecular flexibility index (Phi) is 4.25. The van der Waals surface area contributed by atoms with Gasteiger partial charge in [0.1, 0.15) is 11.6 Å². The van der Waals surface area contributed by atoms with E-state index in [2.05, 4.69) is 14.9 Å². The highest BCUT2D eigenvalue weighted by molar-refractivity contribution is 5.38. The zero-order chi connectivity index (χ0) is 12.1. The van der Waals surface area contributed by atoms with E-state index in [-0.39, 0.29) is 12.8 Å². The van der Waals surface area contributed by atoms with Crippen LogP contribution in [0, 0.1) is 0 Å². The first-order valence-electron chi connectivity index (χ1n) is 6.08. The quantitative estimate of drug-likeness (QED) is 0.800. The third-order valence-electron chi connectivity index (χ3n) is 2.90. The first-order chi connectivity index (χ1) is 8.33. The molecule has 0 radical (unpaired) electrons. The van der Waals surface area contributed by atoms with Gasteiger partial charge in [-0.25, -0.2) is 9.97 Å². The molecule has 1 atom stereocenters. The molecule has 5 heteroatoms.